The highest BCUT2D eigenvalue weighted by atomic mass is 32.1. The first kappa shape index (κ1) is 10.1. The van der Waals surface area contributed by atoms with Gasteiger partial charge < -0.3 is 0 Å². The lowest BCUT2D eigenvalue weighted by Crippen LogP contribution is -1.78. The van der Waals surface area contributed by atoms with Gasteiger partial charge >= 0.3 is 0 Å². The van der Waals surface area contributed by atoms with Gasteiger partial charge in [-0.15, -0.1) is 11.3 Å². The van der Waals surface area contributed by atoms with Crippen LogP contribution in [0.5, 0.6) is 0 Å². The van der Waals surface area contributed by atoms with Gasteiger partial charge in [0.1, 0.15) is 6.33 Å². The maximum Gasteiger partial charge on any atom is 0.116 e. The van der Waals surface area contributed by atoms with E-state index in [1.807, 2.05) is 32.2 Å². The van der Waals surface area contributed by atoms with E-state index in [1.54, 1.807) is 17.7 Å². The molecule has 2 nitrogen and oxygen atoms in total. The summed E-state index contributed by atoms with van der Waals surface area (Å²) in [6.45, 7) is 4.04. The number of fused-ring (bicyclic) bond motifs is 1. The fourth-order valence-electron chi connectivity index (χ4n) is 1.49. The zero-order chi connectivity index (χ0) is 10.7. The highest BCUT2D eigenvalue weighted by molar-refractivity contribution is 7.20. The van der Waals surface area contributed by atoms with Gasteiger partial charge in [0, 0.05) is 16.6 Å². The molecule has 0 saturated carbocycles. The standard InChI is InChI=1S/C12H12N2S/c1-3-5-9-10(6-4-2)15-11-7-13-8-14-12(9)11/h3-8H,1-2H3/b5-3+,6-4-. The summed E-state index contributed by atoms with van der Waals surface area (Å²) in [5, 5.41) is 0. The minimum absolute atomic E-state index is 1.04. The number of hydrogen-bond acceptors (Lipinski definition) is 3. The third-order valence-corrected chi connectivity index (χ3v) is 3.17. The molecule has 0 aromatic carbocycles. The summed E-state index contributed by atoms with van der Waals surface area (Å²) < 4.78 is 1.14. The van der Waals surface area contributed by atoms with Crippen molar-refractivity contribution >= 4 is 33.7 Å². The van der Waals surface area contributed by atoms with Crippen LogP contribution < -0.4 is 0 Å². The van der Waals surface area contributed by atoms with E-state index < -0.39 is 0 Å². The van der Waals surface area contributed by atoms with Gasteiger partial charge in [-0.05, 0) is 19.9 Å². The zero-order valence-electron chi connectivity index (χ0n) is 8.77. The van der Waals surface area contributed by atoms with Crippen LogP contribution in [0, 0.1) is 0 Å². The summed E-state index contributed by atoms with van der Waals surface area (Å²) in [6, 6.07) is 0. The first-order chi connectivity index (χ1) is 7.36. The molecule has 76 valence electrons. The number of nitrogens with zero attached hydrogens (tertiary/aromatic N) is 2. The largest absolute Gasteiger partial charge is 0.243 e. The Bertz CT molecular complexity index is 523. The quantitative estimate of drug-likeness (QED) is 0.764. The molecule has 0 N–H and O–H groups in total. The number of hydrogen-bond donors (Lipinski definition) is 0. The minimum atomic E-state index is 1.04. The van der Waals surface area contributed by atoms with E-state index in [4.69, 9.17) is 0 Å². The minimum Gasteiger partial charge on any atom is -0.243 e. The highest BCUT2D eigenvalue weighted by Crippen LogP contribution is 2.31. The molecule has 0 saturated heterocycles. The smallest absolute Gasteiger partial charge is 0.116 e. The van der Waals surface area contributed by atoms with Crippen molar-refractivity contribution in [2.75, 3.05) is 0 Å². The van der Waals surface area contributed by atoms with Gasteiger partial charge in [-0.1, -0.05) is 18.2 Å². The summed E-state index contributed by atoms with van der Waals surface area (Å²) >= 11 is 1.73. The van der Waals surface area contributed by atoms with E-state index in [1.165, 1.54) is 10.4 Å². The van der Waals surface area contributed by atoms with E-state index in [0.717, 1.165) is 10.2 Å². The molecule has 0 aliphatic carbocycles. The Morgan fingerprint density at radius 1 is 1.20 bits per heavy atom. The predicted molar refractivity (Wildman–Crippen MR) is 66.8 cm³/mol. The molecule has 2 heterocycles. The Balaban J connectivity index is 2.74. The molecule has 0 bridgehead atoms. The lowest BCUT2D eigenvalue weighted by Gasteiger charge is -1.91. The van der Waals surface area contributed by atoms with Gasteiger partial charge in [0.2, 0.25) is 0 Å². The second-order valence-corrected chi connectivity index (χ2v) is 4.20. The van der Waals surface area contributed by atoms with Gasteiger partial charge in [-0.2, -0.15) is 0 Å². The Kier molecular flexibility index (Phi) is 2.92. The van der Waals surface area contributed by atoms with Gasteiger partial charge in [-0.25, -0.2) is 9.97 Å². The maximum atomic E-state index is 4.32. The normalized spacial score (nSPS) is 12.1. The first-order valence-corrected chi connectivity index (χ1v) is 5.66. The number of aromatic nitrogens is 2. The monoisotopic (exact) mass is 216 g/mol. The van der Waals surface area contributed by atoms with Crippen molar-refractivity contribution in [3.8, 4) is 0 Å². The topological polar surface area (TPSA) is 25.8 Å². The molecule has 0 amide bonds. The SMILES string of the molecule is C/C=C\c1sc2cncnc2c1/C=C/C. The molecule has 0 atom stereocenters. The summed E-state index contributed by atoms with van der Waals surface area (Å²) in [6.07, 6.45) is 11.8. The van der Waals surface area contributed by atoms with Gasteiger partial charge in [0.15, 0.2) is 0 Å². The Labute approximate surface area is 93.0 Å². The number of allylic oxidation sites excluding steroid dienone is 2. The summed E-state index contributed by atoms with van der Waals surface area (Å²) in [7, 11) is 0. The van der Waals surface area contributed by atoms with Crippen LogP contribution in [0.2, 0.25) is 0 Å². The summed E-state index contributed by atoms with van der Waals surface area (Å²) in [4.78, 5) is 9.60. The summed E-state index contributed by atoms with van der Waals surface area (Å²) in [5.74, 6) is 0. The van der Waals surface area contributed by atoms with Crippen LogP contribution in [-0.2, 0) is 0 Å². The van der Waals surface area contributed by atoms with Crippen LogP contribution in [0.3, 0.4) is 0 Å². The van der Waals surface area contributed by atoms with Crippen molar-refractivity contribution < 1.29 is 0 Å². The molecule has 0 aliphatic rings. The van der Waals surface area contributed by atoms with E-state index >= 15 is 0 Å². The van der Waals surface area contributed by atoms with Crippen molar-refractivity contribution in [2.45, 2.75) is 13.8 Å². The average molecular weight is 216 g/mol. The molecule has 0 unspecified atom stereocenters. The van der Waals surface area contributed by atoms with Crippen LogP contribution in [0.4, 0.5) is 0 Å². The van der Waals surface area contributed by atoms with Crippen LogP contribution in [0.25, 0.3) is 22.4 Å². The van der Waals surface area contributed by atoms with E-state index in [-0.39, 0.29) is 0 Å². The third kappa shape index (κ3) is 1.83. The van der Waals surface area contributed by atoms with Crippen LogP contribution >= 0.6 is 11.3 Å². The van der Waals surface area contributed by atoms with Crippen molar-refractivity contribution in [1.82, 2.24) is 9.97 Å². The Hall–Kier alpha value is -1.48. The van der Waals surface area contributed by atoms with Crippen molar-refractivity contribution in [2.24, 2.45) is 0 Å². The van der Waals surface area contributed by atoms with Crippen molar-refractivity contribution in [1.29, 1.82) is 0 Å². The average Bonchev–Trinajstić information content (AvgIpc) is 2.59. The van der Waals surface area contributed by atoms with Gasteiger partial charge in [0.25, 0.3) is 0 Å². The van der Waals surface area contributed by atoms with Crippen LogP contribution in [0.1, 0.15) is 24.3 Å². The van der Waals surface area contributed by atoms with E-state index in [0.29, 0.717) is 0 Å². The van der Waals surface area contributed by atoms with Crippen molar-refractivity contribution in [3.63, 3.8) is 0 Å². The van der Waals surface area contributed by atoms with Crippen LogP contribution in [-0.4, -0.2) is 9.97 Å². The fraction of sp³-hybridized carbons (Fsp3) is 0.167. The third-order valence-electron chi connectivity index (χ3n) is 2.07. The van der Waals surface area contributed by atoms with Crippen LogP contribution in [0.15, 0.2) is 24.7 Å². The van der Waals surface area contributed by atoms with E-state index in [2.05, 4.69) is 22.1 Å². The molecule has 2 aromatic rings. The highest BCUT2D eigenvalue weighted by Gasteiger charge is 2.07. The summed E-state index contributed by atoms with van der Waals surface area (Å²) in [5.41, 5.74) is 2.24. The number of rotatable bonds is 2. The number of thiophene rings is 1. The van der Waals surface area contributed by atoms with Gasteiger partial charge in [-0.3, -0.25) is 0 Å². The van der Waals surface area contributed by atoms with Crippen molar-refractivity contribution in [3.05, 3.63) is 35.1 Å². The molecular formula is C12H12N2S. The molecule has 0 spiro atoms. The molecule has 0 fully saturated rings. The molecule has 0 radical (unpaired) electrons. The zero-order valence-corrected chi connectivity index (χ0v) is 9.58. The maximum absolute atomic E-state index is 4.32. The molecular weight excluding hydrogens is 204 g/mol. The predicted octanol–water partition coefficient (Wildman–Crippen LogP) is 3.76. The lowest BCUT2D eigenvalue weighted by atomic mass is 10.2. The molecule has 0 aliphatic heterocycles. The molecule has 2 aromatic heterocycles. The van der Waals surface area contributed by atoms with Gasteiger partial charge in [0.05, 0.1) is 10.2 Å². The first-order valence-electron chi connectivity index (χ1n) is 4.84. The second-order valence-electron chi connectivity index (χ2n) is 3.12. The molecule has 2 rings (SSSR count). The Morgan fingerprint density at radius 2 is 2.00 bits per heavy atom. The second kappa shape index (κ2) is 4.36. The fourth-order valence-corrected chi connectivity index (χ4v) is 2.58. The molecule has 3 heteroatoms. The Morgan fingerprint density at radius 3 is 2.73 bits per heavy atom. The lowest BCUT2D eigenvalue weighted by molar-refractivity contribution is 1.23. The van der Waals surface area contributed by atoms with E-state index in [9.17, 15) is 0 Å². The molecule has 15 heavy (non-hydrogen) atoms.